The Morgan fingerprint density at radius 3 is 2.12 bits per heavy atom. The van der Waals surface area contributed by atoms with Gasteiger partial charge in [-0.3, -0.25) is 20.2 Å². The van der Waals surface area contributed by atoms with E-state index in [2.05, 4.69) is 0 Å². The third kappa shape index (κ3) is 5.10. The van der Waals surface area contributed by atoms with Crippen LogP contribution in [0.25, 0.3) is 0 Å². The number of hydrogen-bond acceptors (Lipinski definition) is 6. The molecule has 2 aromatic rings. The maximum Gasteiger partial charge on any atom is 0.338 e. The van der Waals surface area contributed by atoms with Gasteiger partial charge in [-0.1, -0.05) is 37.3 Å². The second kappa shape index (κ2) is 8.00. The highest BCUT2D eigenvalue weighted by molar-refractivity contribution is 5.91. The molecule has 0 aliphatic heterocycles. The molecule has 0 bridgehead atoms. The molecule has 1 atom stereocenters. The van der Waals surface area contributed by atoms with Crippen LogP contribution in [0.1, 0.15) is 22.8 Å². The molecule has 130 valence electrons. The van der Waals surface area contributed by atoms with Crippen molar-refractivity contribution in [2.75, 3.05) is 6.61 Å². The highest BCUT2D eigenvalue weighted by atomic mass is 16.6. The van der Waals surface area contributed by atoms with E-state index in [4.69, 9.17) is 4.74 Å². The van der Waals surface area contributed by atoms with Crippen LogP contribution in [0, 0.1) is 26.1 Å². The van der Waals surface area contributed by atoms with Gasteiger partial charge in [-0.2, -0.15) is 0 Å². The fourth-order valence-corrected chi connectivity index (χ4v) is 2.30. The van der Waals surface area contributed by atoms with Gasteiger partial charge in [0.05, 0.1) is 28.1 Å². The van der Waals surface area contributed by atoms with Crippen molar-refractivity contribution < 1.29 is 19.4 Å². The number of benzene rings is 2. The summed E-state index contributed by atoms with van der Waals surface area (Å²) < 4.78 is 5.15. The first-order valence-electron chi connectivity index (χ1n) is 7.51. The van der Waals surface area contributed by atoms with Crippen molar-refractivity contribution in [2.24, 2.45) is 5.92 Å². The molecule has 0 saturated heterocycles. The van der Waals surface area contributed by atoms with Gasteiger partial charge in [-0.05, 0) is 17.9 Å². The van der Waals surface area contributed by atoms with Crippen LogP contribution in [0.3, 0.4) is 0 Å². The minimum absolute atomic E-state index is 0.0278. The Kier molecular flexibility index (Phi) is 5.78. The van der Waals surface area contributed by atoms with Crippen LogP contribution in [-0.4, -0.2) is 22.4 Å². The fourth-order valence-electron chi connectivity index (χ4n) is 2.30. The number of hydrogen-bond donors (Lipinski definition) is 0. The molecule has 8 heteroatoms. The summed E-state index contributed by atoms with van der Waals surface area (Å²) in [7, 11) is 0. The Balaban J connectivity index is 2.05. The molecule has 2 rings (SSSR count). The van der Waals surface area contributed by atoms with Gasteiger partial charge in [0.25, 0.3) is 11.4 Å². The predicted molar refractivity (Wildman–Crippen MR) is 89.3 cm³/mol. The summed E-state index contributed by atoms with van der Waals surface area (Å²) in [4.78, 5) is 32.2. The minimum atomic E-state index is -0.827. The lowest BCUT2D eigenvalue weighted by molar-refractivity contribution is -0.394. The van der Waals surface area contributed by atoms with Crippen molar-refractivity contribution in [1.82, 2.24) is 0 Å². The standard InChI is InChI=1S/C17H16N2O6/c1-12(7-13-5-3-2-4-6-13)11-25-17(20)14-8-15(18(21)22)10-16(9-14)19(23)24/h2-6,8-10,12H,7,11H2,1H3/t12-/m0/s1. The molecule has 0 amide bonds. The first kappa shape index (κ1) is 18.1. The van der Waals surface area contributed by atoms with E-state index in [1.54, 1.807) is 0 Å². The van der Waals surface area contributed by atoms with Gasteiger partial charge in [-0.25, -0.2) is 4.79 Å². The molecule has 0 aromatic heterocycles. The summed E-state index contributed by atoms with van der Waals surface area (Å²) in [6.07, 6.45) is 0.698. The summed E-state index contributed by atoms with van der Waals surface area (Å²) in [5.74, 6) is -0.799. The van der Waals surface area contributed by atoms with Gasteiger partial charge in [0.1, 0.15) is 0 Å². The Morgan fingerprint density at radius 2 is 1.60 bits per heavy atom. The number of carbonyl (C=O) groups is 1. The number of nitro groups is 2. The van der Waals surface area contributed by atoms with E-state index in [1.807, 2.05) is 37.3 Å². The van der Waals surface area contributed by atoms with Crippen LogP contribution < -0.4 is 0 Å². The molecule has 0 radical (unpaired) electrons. The van der Waals surface area contributed by atoms with E-state index in [9.17, 15) is 25.0 Å². The van der Waals surface area contributed by atoms with Gasteiger partial charge in [-0.15, -0.1) is 0 Å². The van der Waals surface area contributed by atoms with Crippen molar-refractivity contribution in [3.05, 3.63) is 79.9 Å². The minimum Gasteiger partial charge on any atom is -0.462 e. The number of carbonyl (C=O) groups excluding carboxylic acids is 1. The van der Waals surface area contributed by atoms with Crippen molar-refractivity contribution in [1.29, 1.82) is 0 Å². The third-order valence-corrected chi connectivity index (χ3v) is 3.49. The van der Waals surface area contributed by atoms with Gasteiger partial charge in [0.2, 0.25) is 0 Å². The number of esters is 1. The summed E-state index contributed by atoms with van der Waals surface area (Å²) in [5.41, 5.74) is -0.179. The average molecular weight is 344 g/mol. The van der Waals surface area contributed by atoms with Crippen molar-refractivity contribution in [2.45, 2.75) is 13.3 Å². The zero-order chi connectivity index (χ0) is 18.4. The zero-order valence-electron chi connectivity index (χ0n) is 13.5. The summed E-state index contributed by atoms with van der Waals surface area (Å²) in [6, 6.07) is 12.4. The van der Waals surface area contributed by atoms with Crippen molar-refractivity contribution >= 4 is 17.3 Å². The van der Waals surface area contributed by atoms with Crippen LogP contribution in [0.5, 0.6) is 0 Å². The first-order valence-corrected chi connectivity index (χ1v) is 7.51. The van der Waals surface area contributed by atoms with Gasteiger partial charge in [0, 0.05) is 12.1 Å². The molecule has 0 aliphatic carbocycles. The molecule has 0 aliphatic rings. The van der Waals surface area contributed by atoms with Crippen molar-refractivity contribution in [3.8, 4) is 0 Å². The molecule has 8 nitrogen and oxygen atoms in total. The SMILES string of the molecule is C[C@H](COC(=O)c1cc([N+](=O)[O-])cc([N+](=O)[O-])c1)Cc1ccccc1. The molecule has 0 unspecified atom stereocenters. The monoisotopic (exact) mass is 344 g/mol. The van der Waals surface area contributed by atoms with Gasteiger partial charge in [0.15, 0.2) is 0 Å². The van der Waals surface area contributed by atoms with E-state index in [0.29, 0.717) is 6.42 Å². The average Bonchev–Trinajstić information content (AvgIpc) is 2.60. The number of ether oxygens (including phenoxy) is 1. The summed E-state index contributed by atoms with van der Waals surface area (Å²) >= 11 is 0. The summed E-state index contributed by atoms with van der Waals surface area (Å²) in [5, 5.41) is 21.7. The maximum atomic E-state index is 12.1. The quantitative estimate of drug-likeness (QED) is 0.431. The van der Waals surface area contributed by atoms with Gasteiger partial charge < -0.3 is 4.74 Å². The molecule has 0 saturated carbocycles. The lowest BCUT2D eigenvalue weighted by Gasteiger charge is -2.12. The van der Waals surface area contributed by atoms with E-state index in [0.717, 1.165) is 23.8 Å². The molecular formula is C17H16N2O6. The molecule has 25 heavy (non-hydrogen) atoms. The topological polar surface area (TPSA) is 113 Å². The lowest BCUT2D eigenvalue weighted by Crippen LogP contribution is -2.14. The lowest BCUT2D eigenvalue weighted by atomic mass is 10.0. The van der Waals surface area contributed by atoms with Crippen LogP contribution in [0.4, 0.5) is 11.4 Å². The van der Waals surface area contributed by atoms with Crippen LogP contribution >= 0.6 is 0 Å². The zero-order valence-corrected chi connectivity index (χ0v) is 13.5. The highest BCUT2D eigenvalue weighted by Gasteiger charge is 2.21. The van der Waals surface area contributed by atoms with Gasteiger partial charge >= 0.3 is 5.97 Å². The van der Waals surface area contributed by atoms with E-state index in [1.165, 1.54) is 0 Å². The maximum absolute atomic E-state index is 12.1. The normalized spacial score (nSPS) is 11.6. The van der Waals surface area contributed by atoms with Crippen LogP contribution in [-0.2, 0) is 11.2 Å². The molecule has 0 heterocycles. The van der Waals surface area contributed by atoms with Crippen molar-refractivity contribution in [3.63, 3.8) is 0 Å². The molecule has 0 N–H and O–H groups in total. The smallest absolute Gasteiger partial charge is 0.338 e. The number of nitro benzene ring substituents is 2. The molecule has 2 aromatic carbocycles. The molecular weight excluding hydrogens is 328 g/mol. The predicted octanol–water partition coefficient (Wildman–Crippen LogP) is 3.54. The Hall–Kier alpha value is -3.29. The second-order valence-electron chi connectivity index (χ2n) is 5.65. The highest BCUT2D eigenvalue weighted by Crippen LogP contribution is 2.23. The second-order valence-corrected chi connectivity index (χ2v) is 5.65. The number of rotatable bonds is 7. The Bertz CT molecular complexity index is 759. The Labute approximate surface area is 143 Å². The Morgan fingerprint density at radius 1 is 1.04 bits per heavy atom. The summed E-state index contributed by atoms with van der Waals surface area (Å²) in [6.45, 7) is 2.00. The number of non-ortho nitro benzene ring substituents is 2. The fraction of sp³-hybridized carbons (Fsp3) is 0.235. The van der Waals surface area contributed by atoms with E-state index < -0.39 is 27.2 Å². The van der Waals surface area contributed by atoms with E-state index in [-0.39, 0.29) is 18.1 Å². The molecule has 0 spiro atoms. The number of nitrogens with zero attached hydrogens (tertiary/aromatic N) is 2. The first-order chi connectivity index (χ1) is 11.9. The largest absolute Gasteiger partial charge is 0.462 e. The van der Waals surface area contributed by atoms with Crippen LogP contribution in [0.2, 0.25) is 0 Å². The van der Waals surface area contributed by atoms with E-state index >= 15 is 0 Å². The molecule has 0 fully saturated rings. The van der Waals surface area contributed by atoms with Crippen LogP contribution in [0.15, 0.2) is 48.5 Å². The third-order valence-electron chi connectivity index (χ3n) is 3.49.